The third-order valence-corrected chi connectivity index (χ3v) is 3.18. The zero-order valence-corrected chi connectivity index (χ0v) is 9.44. The molecule has 16 heavy (non-hydrogen) atoms. The Bertz CT molecular complexity index is 602. The third kappa shape index (κ3) is 2.81. The van der Waals surface area contributed by atoms with Crippen molar-refractivity contribution in [3.05, 3.63) is 48.0 Å². The van der Waals surface area contributed by atoms with Gasteiger partial charge in [-0.15, -0.1) is 0 Å². The number of fused-ring (bicyclic) bond motifs is 1. The molecule has 0 spiro atoms. The Hall–Kier alpha value is -1.39. The van der Waals surface area contributed by atoms with Crippen LogP contribution in [0.4, 0.5) is 0 Å². The molecule has 0 radical (unpaired) electrons. The SMILES string of the molecule is O=S(=O)(O)CCc1ccc2ccccc2c1. The Morgan fingerprint density at radius 1 is 1.00 bits per heavy atom. The number of rotatable bonds is 3. The molecule has 2 aromatic carbocycles. The second-order valence-corrected chi connectivity index (χ2v) is 5.29. The Kier molecular flexibility index (Phi) is 2.94. The minimum atomic E-state index is -3.88. The smallest absolute Gasteiger partial charge is 0.265 e. The van der Waals surface area contributed by atoms with Crippen molar-refractivity contribution in [2.24, 2.45) is 0 Å². The van der Waals surface area contributed by atoms with Crippen molar-refractivity contribution >= 4 is 20.9 Å². The molecule has 3 nitrogen and oxygen atoms in total. The average molecular weight is 236 g/mol. The number of benzene rings is 2. The summed E-state index contributed by atoms with van der Waals surface area (Å²) < 4.78 is 29.9. The first-order valence-electron chi connectivity index (χ1n) is 4.97. The van der Waals surface area contributed by atoms with Crippen LogP contribution in [0.1, 0.15) is 5.56 Å². The zero-order chi connectivity index (χ0) is 11.6. The fraction of sp³-hybridized carbons (Fsp3) is 0.167. The monoisotopic (exact) mass is 236 g/mol. The van der Waals surface area contributed by atoms with Crippen molar-refractivity contribution in [2.75, 3.05) is 5.75 Å². The molecule has 0 aromatic heterocycles. The van der Waals surface area contributed by atoms with Gasteiger partial charge < -0.3 is 0 Å². The van der Waals surface area contributed by atoms with E-state index in [1.54, 1.807) is 0 Å². The number of hydrogen-bond acceptors (Lipinski definition) is 2. The first kappa shape index (κ1) is 11.1. The summed E-state index contributed by atoms with van der Waals surface area (Å²) in [7, 11) is -3.88. The zero-order valence-electron chi connectivity index (χ0n) is 8.63. The lowest BCUT2D eigenvalue weighted by atomic mass is 10.1. The summed E-state index contributed by atoms with van der Waals surface area (Å²) in [6.45, 7) is 0. The van der Waals surface area contributed by atoms with E-state index in [4.69, 9.17) is 4.55 Å². The molecule has 0 aliphatic heterocycles. The fourth-order valence-corrected chi connectivity index (χ4v) is 2.13. The normalized spacial score (nSPS) is 11.8. The largest absolute Gasteiger partial charge is 0.286 e. The first-order chi connectivity index (χ1) is 7.54. The van der Waals surface area contributed by atoms with Crippen LogP contribution in [-0.4, -0.2) is 18.7 Å². The summed E-state index contributed by atoms with van der Waals surface area (Å²) in [5.41, 5.74) is 0.913. The molecule has 0 heterocycles. The van der Waals surface area contributed by atoms with Gasteiger partial charge in [-0.05, 0) is 22.8 Å². The molecule has 0 unspecified atom stereocenters. The minimum Gasteiger partial charge on any atom is -0.286 e. The van der Waals surface area contributed by atoms with Crippen LogP contribution in [0.15, 0.2) is 42.5 Å². The third-order valence-electron chi connectivity index (χ3n) is 2.46. The van der Waals surface area contributed by atoms with E-state index in [0.717, 1.165) is 16.3 Å². The van der Waals surface area contributed by atoms with Gasteiger partial charge in [0.1, 0.15) is 0 Å². The molecular weight excluding hydrogens is 224 g/mol. The molecule has 2 rings (SSSR count). The van der Waals surface area contributed by atoms with Gasteiger partial charge in [-0.1, -0.05) is 42.5 Å². The average Bonchev–Trinajstić information content (AvgIpc) is 2.25. The van der Waals surface area contributed by atoms with E-state index >= 15 is 0 Å². The van der Waals surface area contributed by atoms with Crippen LogP contribution >= 0.6 is 0 Å². The molecule has 84 valence electrons. The molecule has 2 aromatic rings. The van der Waals surface area contributed by atoms with Gasteiger partial charge in [0.05, 0.1) is 5.75 Å². The van der Waals surface area contributed by atoms with Gasteiger partial charge >= 0.3 is 0 Å². The highest BCUT2D eigenvalue weighted by molar-refractivity contribution is 7.85. The Balaban J connectivity index is 2.26. The molecule has 0 fully saturated rings. The quantitative estimate of drug-likeness (QED) is 0.832. The van der Waals surface area contributed by atoms with E-state index in [1.807, 2.05) is 42.5 Å². The summed E-state index contributed by atoms with van der Waals surface area (Å²) in [5.74, 6) is -0.231. The van der Waals surface area contributed by atoms with E-state index in [2.05, 4.69) is 0 Å². The van der Waals surface area contributed by atoms with Crippen molar-refractivity contribution in [1.29, 1.82) is 0 Å². The molecule has 0 atom stereocenters. The fourth-order valence-electron chi connectivity index (χ4n) is 1.64. The second-order valence-electron chi connectivity index (χ2n) is 3.72. The summed E-state index contributed by atoms with van der Waals surface area (Å²) in [6, 6.07) is 13.7. The van der Waals surface area contributed by atoms with Gasteiger partial charge in [0.15, 0.2) is 0 Å². The van der Waals surface area contributed by atoms with Crippen molar-refractivity contribution in [2.45, 2.75) is 6.42 Å². The topological polar surface area (TPSA) is 54.4 Å². The van der Waals surface area contributed by atoms with E-state index in [-0.39, 0.29) is 5.75 Å². The molecule has 1 N–H and O–H groups in total. The highest BCUT2D eigenvalue weighted by atomic mass is 32.2. The van der Waals surface area contributed by atoms with Gasteiger partial charge in [-0.3, -0.25) is 4.55 Å². The van der Waals surface area contributed by atoms with Crippen LogP contribution in [0.2, 0.25) is 0 Å². The summed E-state index contributed by atoms with van der Waals surface area (Å²) >= 11 is 0. The van der Waals surface area contributed by atoms with E-state index in [1.165, 1.54) is 0 Å². The molecule has 0 amide bonds. The predicted molar refractivity (Wildman–Crippen MR) is 64.1 cm³/mol. The van der Waals surface area contributed by atoms with Gasteiger partial charge in [-0.2, -0.15) is 8.42 Å². The molecule has 4 heteroatoms. The molecule has 0 bridgehead atoms. The highest BCUT2D eigenvalue weighted by Crippen LogP contribution is 2.16. The van der Waals surface area contributed by atoms with Crippen molar-refractivity contribution in [3.63, 3.8) is 0 Å². The Morgan fingerprint density at radius 2 is 1.69 bits per heavy atom. The van der Waals surface area contributed by atoms with Crippen LogP contribution in [0, 0.1) is 0 Å². The Morgan fingerprint density at radius 3 is 2.38 bits per heavy atom. The second kappa shape index (κ2) is 4.23. The molecule has 0 aliphatic carbocycles. The van der Waals surface area contributed by atoms with Crippen LogP contribution in [0.25, 0.3) is 10.8 Å². The lowest BCUT2D eigenvalue weighted by Gasteiger charge is -2.02. The van der Waals surface area contributed by atoms with Gasteiger partial charge in [0.25, 0.3) is 10.1 Å². The van der Waals surface area contributed by atoms with E-state index in [0.29, 0.717) is 6.42 Å². The van der Waals surface area contributed by atoms with Gasteiger partial charge in [0, 0.05) is 0 Å². The van der Waals surface area contributed by atoms with Crippen molar-refractivity contribution < 1.29 is 13.0 Å². The van der Waals surface area contributed by atoms with Crippen LogP contribution in [0.3, 0.4) is 0 Å². The van der Waals surface area contributed by atoms with Crippen molar-refractivity contribution in [3.8, 4) is 0 Å². The lowest BCUT2D eigenvalue weighted by Crippen LogP contribution is -2.06. The summed E-state index contributed by atoms with van der Waals surface area (Å²) in [4.78, 5) is 0. The maximum atomic E-state index is 10.6. The van der Waals surface area contributed by atoms with Crippen LogP contribution < -0.4 is 0 Å². The molecule has 0 saturated heterocycles. The maximum Gasteiger partial charge on any atom is 0.265 e. The Labute approximate surface area is 94.5 Å². The maximum absolute atomic E-state index is 10.6. The number of hydrogen-bond donors (Lipinski definition) is 1. The van der Waals surface area contributed by atoms with Crippen molar-refractivity contribution in [1.82, 2.24) is 0 Å². The van der Waals surface area contributed by atoms with Gasteiger partial charge in [-0.25, -0.2) is 0 Å². The van der Waals surface area contributed by atoms with E-state index in [9.17, 15) is 8.42 Å². The number of aryl methyl sites for hydroxylation is 1. The highest BCUT2D eigenvalue weighted by Gasteiger charge is 2.05. The molecule has 0 saturated carbocycles. The minimum absolute atomic E-state index is 0.231. The van der Waals surface area contributed by atoms with Crippen LogP contribution in [0.5, 0.6) is 0 Å². The van der Waals surface area contributed by atoms with E-state index < -0.39 is 10.1 Å². The first-order valence-corrected chi connectivity index (χ1v) is 6.58. The summed E-state index contributed by atoms with van der Waals surface area (Å²) in [5, 5.41) is 2.20. The van der Waals surface area contributed by atoms with Gasteiger partial charge in [0.2, 0.25) is 0 Å². The molecule has 0 aliphatic rings. The predicted octanol–water partition coefficient (Wildman–Crippen LogP) is 2.27. The lowest BCUT2D eigenvalue weighted by molar-refractivity contribution is 0.482. The summed E-state index contributed by atoms with van der Waals surface area (Å²) in [6.07, 6.45) is 0.337. The van der Waals surface area contributed by atoms with Crippen LogP contribution in [-0.2, 0) is 16.5 Å². The standard InChI is InChI=1S/C12H12O3S/c13-16(14,15)8-7-10-5-6-11-3-1-2-4-12(11)9-10/h1-6,9H,7-8H2,(H,13,14,15). The molecular formula is C12H12O3S.